The van der Waals surface area contributed by atoms with Crippen LogP contribution in [0, 0.1) is 0 Å². The summed E-state index contributed by atoms with van der Waals surface area (Å²) >= 11 is 0. The summed E-state index contributed by atoms with van der Waals surface area (Å²) in [4.78, 5) is 12.0. The lowest BCUT2D eigenvalue weighted by atomic mass is 10.0. The maximum Gasteiger partial charge on any atom is 0.256 e. The van der Waals surface area contributed by atoms with Crippen molar-refractivity contribution in [3.05, 3.63) is 41.7 Å². The minimum atomic E-state index is -0.168. The highest BCUT2D eigenvalue weighted by molar-refractivity contribution is 6.00. The normalized spacial score (nSPS) is 10.7. The zero-order valence-corrected chi connectivity index (χ0v) is 10.7. The minimum absolute atomic E-state index is 0.113. The van der Waals surface area contributed by atoms with E-state index in [0.717, 1.165) is 5.56 Å². The third-order valence-electron chi connectivity index (χ3n) is 2.74. The third kappa shape index (κ3) is 2.14. The predicted octanol–water partition coefficient (Wildman–Crippen LogP) is 2.82. The van der Waals surface area contributed by atoms with E-state index in [1.165, 1.54) is 0 Å². The molecule has 1 heterocycles. The van der Waals surface area contributed by atoms with Crippen LogP contribution < -0.4 is 5.32 Å². The molecule has 0 saturated carbocycles. The average molecular weight is 244 g/mol. The molecular formula is C14H16N2O2. The Kier molecular flexibility index (Phi) is 3.46. The molecule has 2 aromatic rings. The molecule has 0 spiro atoms. The fourth-order valence-electron chi connectivity index (χ4n) is 1.83. The summed E-state index contributed by atoms with van der Waals surface area (Å²) in [5.41, 5.74) is 2.00. The molecule has 18 heavy (non-hydrogen) atoms. The number of carbonyl (C=O) groups excluding carboxylic acids is 1. The summed E-state index contributed by atoms with van der Waals surface area (Å²) in [7, 11) is 1.61. The molecule has 1 amide bonds. The van der Waals surface area contributed by atoms with E-state index in [-0.39, 0.29) is 11.8 Å². The highest BCUT2D eigenvalue weighted by Crippen LogP contribution is 2.29. The van der Waals surface area contributed by atoms with Crippen molar-refractivity contribution < 1.29 is 9.32 Å². The van der Waals surface area contributed by atoms with E-state index >= 15 is 0 Å². The summed E-state index contributed by atoms with van der Waals surface area (Å²) in [6, 6.07) is 9.56. The van der Waals surface area contributed by atoms with E-state index in [1.54, 1.807) is 7.05 Å². The van der Waals surface area contributed by atoms with Crippen LogP contribution in [0.2, 0.25) is 0 Å². The van der Waals surface area contributed by atoms with Gasteiger partial charge in [0.2, 0.25) is 0 Å². The first-order valence-corrected chi connectivity index (χ1v) is 5.92. The average Bonchev–Trinajstić information content (AvgIpc) is 2.83. The van der Waals surface area contributed by atoms with Crippen molar-refractivity contribution in [1.29, 1.82) is 0 Å². The zero-order chi connectivity index (χ0) is 13.1. The van der Waals surface area contributed by atoms with Crippen molar-refractivity contribution in [3.8, 4) is 11.3 Å². The quantitative estimate of drug-likeness (QED) is 0.903. The number of hydrogen-bond donors (Lipinski definition) is 1. The Labute approximate surface area is 106 Å². The molecule has 0 radical (unpaired) electrons. The number of hydrogen-bond acceptors (Lipinski definition) is 3. The molecule has 0 bridgehead atoms. The molecule has 0 atom stereocenters. The number of nitrogens with one attached hydrogen (secondary N) is 1. The molecule has 0 unspecified atom stereocenters. The van der Waals surface area contributed by atoms with Crippen LogP contribution in [0.15, 0.2) is 34.9 Å². The van der Waals surface area contributed by atoms with Gasteiger partial charge in [0, 0.05) is 18.5 Å². The van der Waals surface area contributed by atoms with E-state index in [0.29, 0.717) is 17.0 Å². The van der Waals surface area contributed by atoms with E-state index < -0.39 is 0 Å². The summed E-state index contributed by atoms with van der Waals surface area (Å²) < 4.78 is 5.32. The largest absolute Gasteiger partial charge is 0.360 e. The second-order valence-electron chi connectivity index (χ2n) is 4.37. The molecule has 94 valence electrons. The number of carbonyl (C=O) groups is 1. The Morgan fingerprint density at radius 2 is 1.94 bits per heavy atom. The van der Waals surface area contributed by atoms with Gasteiger partial charge in [-0.05, 0) is 0 Å². The molecule has 0 fully saturated rings. The monoisotopic (exact) mass is 244 g/mol. The SMILES string of the molecule is CNC(=O)c1c(-c2ccccc2)noc1C(C)C. The van der Waals surface area contributed by atoms with Crippen LogP contribution in [0.3, 0.4) is 0 Å². The van der Waals surface area contributed by atoms with Gasteiger partial charge in [0.1, 0.15) is 11.3 Å². The Balaban J connectivity index is 2.58. The molecule has 2 rings (SSSR count). The van der Waals surface area contributed by atoms with E-state index in [4.69, 9.17) is 4.52 Å². The summed E-state index contributed by atoms with van der Waals surface area (Å²) in [5, 5.41) is 6.67. The highest BCUT2D eigenvalue weighted by Gasteiger charge is 2.24. The molecular weight excluding hydrogens is 228 g/mol. The standard InChI is InChI=1S/C14H16N2O2/c1-9(2)13-11(14(17)15-3)12(16-18-13)10-7-5-4-6-8-10/h4-9H,1-3H3,(H,15,17). The lowest BCUT2D eigenvalue weighted by molar-refractivity contribution is 0.0961. The second-order valence-corrected chi connectivity index (χ2v) is 4.37. The molecule has 4 heteroatoms. The van der Waals surface area contributed by atoms with Gasteiger partial charge in [0.05, 0.1) is 0 Å². The fourth-order valence-corrected chi connectivity index (χ4v) is 1.83. The van der Waals surface area contributed by atoms with Crippen LogP contribution in [0.4, 0.5) is 0 Å². The maximum atomic E-state index is 12.0. The number of amides is 1. The Morgan fingerprint density at radius 1 is 1.28 bits per heavy atom. The lowest BCUT2D eigenvalue weighted by Crippen LogP contribution is -2.19. The third-order valence-corrected chi connectivity index (χ3v) is 2.74. The smallest absolute Gasteiger partial charge is 0.256 e. The first-order valence-electron chi connectivity index (χ1n) is 5.92. The van der Waals surface area contributed by atoms with Crippen LogP contribution in [-0.2, 0) is 0 Å². The topological polar surface area (TPSA) is 55.1 Å². The summed E-state index contributed by atoms with van der Waals surface area (Å²) in [6.45, 7) is 3.95. The van der Waals surface area contributed by atoms with Crippen molar-refractivity contribution in [1.82, 2.24) is 10.5 Å². The molecule has 4 nitrogen and oxygen atoms in total. The Bertz CT molecular complexity index is 544. The Morgan fingerprint density at radius 3 is 2.50 bits per heavy atom. The first-order chi connectivity index (χ1) is 8.65. The molecule has 0 aliphatic carbocycles. The van der Waals surface area contributed by atoms with Gasteiger partial charge in [-0.1, -0.05) is 49.3 Å². The molecule has 1 aromatic carbocycles. The van der Waals surface area contributed by atoms with Gasteiger partial charge in [-0.15, -0.1) is 0 Å². The van der Waals surface area contributed by atoms with Gasteiger partial charge >= 0.3 is 0 Å². The van der Waals surface area contributed by atoms with Gasteiger partial charge in [0.25, 0.3) is 5.91 Å². The van der Waals surface area contributed by atoms with E-state index in [9.17, 15) is 4.79 Å². The predicted molar refractivity (Wildman–Crippen MR) is 69.4 cm³/mol. The van der Waals surface area contributed by atoms with Crippen molar-refractivity contribution in [3.63, 3.8) is 0 Å². The lowest BCUT2D eigenvalue weighted by Gasteiger charge is -2.04. The molecule has 0 aliphatic rings. The number of nitrogens with zero attached hydrogens (tertiary/aromatic N) is 1. The van der Waals surface area contributed by atoms with Gasteiger partial charge in [-0.3, -0.25) is 4.79 Å². The molecule has 0 aliphatic heterocycles. The van der Waals surface area contributed by atoms with Crippen LogP contribution in [0.5, 0.6) is 0 Å². The molecule has 1 aromatic heterocycles. The van der Waals surface area contributed by atoms with Crippen LogP contribution >= 0.6 is 0 Å². The molecule has 0 saturated heterocycles. The van der Waals surface area contributed by atoms with Crippen LogP contribution in [0.1, 0.15) is 35.9 Å². The first kappa shape index (κ1) is 12.4. The van der Waals surface area contributed by atoms with Gasteiger partial charge in [-0.2, -0.15) is 0 Å². The van der Waals surface area contributed by atoms with Crippen LogP contribution in [-0.4, -0.2) is 18.1 Å². The summed E-state index contributed by atoms with van der Waals surface area (Å²) in [6.07, 6.45) is 0. The zero-order valence-electron chi connectivity index (χ0n) is 10.7. The second kappa shape index (κ2) is 5.04. The fraction of sp³-hybridized carbons (Fsp3) is 0.286. The number of benzene rings is 1. The minimum Gasteiger partial charge on any atom is -0.360 e. The van der Waals surface area contributed by atoms with Crippen molar-refractivity contribution in [2.24, 2.45) is 0 Å². The van der Waals surface area contributed by atoms with E-state index in [1.807, 2.05) is 44.2 Å². The van der Waals surface area contributed by atoms with Crippen LogP contribution in [0.25, 0.3) is 11.3 Å². The Hall–Kier alpha value is -2.10. The highest BCUT2D eigenvalue weighted by atomic mass is 16.5. The van der Waals surface area contributed by atoms with Crippen molar-refractivity contribution in [2.75, 3.05) is 7.05 Å². The van der Waals surface area contributed by atoms with Gasteiger partial charge in [-0.25, -0.2) is 0 Å². The maximum absolute atomic E-state index is 12.0. The van der Waals surface area contributed by atoms with Crippen molar-refractivity contribution >= 4 is 5.91 Å². The van der Waals surface area contributed by atoms with Gasteiger partial charge < -0.3 is 9.84 Å². The van der Waals surface area contributed by atoms with Gasteiger partial charge in [0.15, 0.2) is 5.76 Å². The van der Waals surface area contributed by atoms with Crippen molar-refractivity contribution in [2.45, 2.75) is 19.8 Å². The van der Waals surface area contributed by atoms with E-state index in [2.05, 4.69) is 10.5 Å². The summed E-state index contributed by atoms with van der Waals surface area (Å²) in [5.74, 6) is 0.564. The molecule has 1 N–H and O–H groups in total. The number of rotatable bonds is 3. The number of aromatic nitrogens is 1.